The van der Waals surface area contributed by atoms with E-state index < -0.39 is 0 Å². The standard InChI is InChI=1S/C54H37NO/c1-5-14-38(15-6-1)41-24-29-45(30-25-41)55(46-31-26-42(27-32-46)39-16-7-2-8-17-39)47-33-35-49-51-36-44(40-18-9-3-10-19-40)28-34-50(51)54-48(43-20-11-4-12-21-43)22-13-23-52(54)56-53(49)37-47/h1-37H. The number of benzene rings is 9. The van der Waals surface area contributed by atoms with Crippen LogP contribution in [0.15, 0.2) is 224 Å². The first kappa shape index (κ1) is 33.2. The van der Waals surface area contributed by atoms with E-state index in [0.29, 0.717) is 0 Å². The van der Waals surface area contributed by atoms with Crippen LogP contribution in [0.5, 0.6) is 11.5 Å². The van der Waals surface area contributed by atoms with E-state index in [9.17, 15) is 0 Å². The Morgan fingerprint density at radius 3 is 1.25 bits per heavy atom. The molecular formula is C54H37NO. The highest BCUT2D eigenvalue weighted by atomic mass is 16.5. The molecule has 0 spiro atoms. The number of ether oxygens (including phenoxy) is 1. The average molecular weight is 716 g/mol. The Balaban J connectivity index is 1.14. The van der Waals surface area contributed by atoms with Gasteiger partial charge in [-0.15, -0.1) is 0 Å². The summed E-state index contributed by atoms with van der Waals surface area (Å²) in [5.41, 5.74) is 16.9. The third kappa shape index (κ3) is 6.24. The van der Waals surface area contributed by atoms with Gasteiger partial charge in [0, 0.05) is 34.3 Å². The third-order valence-corrected chi connectivity index (χ3v) is 10.7. The van der Waals surface area contributed by atoms with Gasteiger partial charge in [0.2, 0.25) is 0 Å². The molecule has 0 fully saturated rings. The highest BCUT2D eigenvalue weighted by molar-refractivity contribution is 5.99. The van der Waals surface area contributed by atoms with Gasteiger partial charge in [-0.25, -0.2) is 0 Å². The fourth-order valence-electron chi connectivity index (χ4n) is 7.94. The van der Waals surface area contributed by atoms with Gasteiger partial charge in [-0.3, -0.25) is 0 Å². The van der Waals surface area contributed by atoms with Gasteiger partial charge in [-0.1, -0.05) is 170 Å². The van der Waals surface area contributed by atoms with Crippen LogP contribution in [-0.2, 0) is 0 Å². The normalized spacial score (nSPS) is 11.4. The lowest BCUT2D eigenvalue weighted by atomic mass is 9.87. The Morgan fingerprint density at radius 1 is 0.250 bits per heavy atom. The van der Waals surface area contributed by atoms with Crippen molar-refractivity contribution in [2.45, 2.75) is 0 Å². The maximum absolute atomic E-state index is 7.08. The van der Waals surface area contributed by atoms with Crippen LogP contribution in [0, 0.1) is 0 Å². The Morgan fingerprint density at radius 2 is 0.696 bits per heavy atom. The number of fused-ring (bicyclic) bond motifs is 5. The van der Waals surface area contributed by atoms with E-state index in [-0.39, 0.29) is 0 Å². The summed E-state index contributed by atoms with van der Waals surface area (Å²) in [6.45, 7) is 0. The molecule has 0 saturated heterocycles. The van der Waals surface area contributed by atoms with Crippen molar-refractivity contribution in [3.63, 3.8) is 0 Å². The Kier molecular flexibility index (Phi) is 8.55. The molecule has 0 atom stereocenters. The summed E-state index contributed by atoms with van der Waals surface area (Å²) in [5, 5.41) is 0. The van der Waals surface area contributed by atoms with E-state index in [4.69, 9.17) is 4.74 Å². The van der Waals surface area contributed by atoms with Crippen LogP contribution in [0.4, 0.5) is 17.1 Å². The fraction of sp³-hybridized carbons (Fsp3) is 0. The van der Waals surface area contributed by atoms with E-state index >= 15 is 0 Å². The Labute approximate surface area is 328 Å². The van der Waals surface area contributed by atoms with Crippen LogP contribution < -0.4 is 9.64 Å². The topological polar surface area (TPSA) is 12.5 Å². The van der Waals surface area contributed by atoms with Gasteiger partial charge in [0.1, 0.15) is 11.5 Å². The second-order valence-electron chi connectivity index (χ2n) is 14.1. The maximum atomic E-state index is 7.08. The molecule has 9 aromatic carbocycles. The maximum Gasteiger partial charge on any atom is 0.137 e. The Bertz CT molecular complexity index is 2700. The molecule has 9 aromatic rings. The fourth-order valence-corrected chi connectivity index (χ4v) is 7.94. The van der Waals surface area contributed by atoms with Crippen LogP contribution in [0.2, 0.25) is 0 Å². The number of hydrogen-bond acceptors (Lipinski definition) is 2. The monoisotopic (exact) mass is 715 g/mol. The number of hydrogen-bond donors (Lipinski definition) is 0. The van der Waals surface area contributed by atoms with Crippen LogP contribution >= 0.6 is 0 Å². The molecule has 0 unspecified atom stereocenters. The summed E-state index contributed by atoms with van der Waals surface area (Å²) in [6, 6.07) is 79.8. The predicted octanol–water partition coefficient (Wildman–Crippen LogP) is 15.3. The van der Waals surface area contributed by atoms with Crippen molar-refractivity contribution >= 4 is 17.1 Å². The van der Waals surface area contributed by atoms with Gasteiger partial charge in [-0.05, 0) is 104 Å². The smallest absolute Gasteiger partial charge is 0.137 e. The van der Waals surface area contributed by atoms with Crippen molar-refractivity contribution in [1.29, 1.82) is 0 Å². The molecule has 2 nitrogen and oxygen atoms in total. The average Bonchev–Trinajstić information content (AvgIpc) is 3.42. The molecule has 1 aliphatic heterocycles. The van der Waals surface area contributed by atoms with Gasteiger partial charge < -0.3 is 9.64 Å². The summed E-state index contributed by atoms with van der Waals surface area (Å²) >= 11 is 0. The number of anilines is 3. The molecule has 0 N–H and O–H groups in total. The first-order valence-electron chi connectivity index (χ1n) is 19.1. The first-order chi connectivity index (χ1) is 27.8. The molecule has 0 amide bonds. The lowest BCUT2D eigenvalue weighted by Gasteiger charge is -2.27. The minimum absolute atomic E-state index is 0.810. The van der Waals surface area contributed by atoms with E-state index in [1.807, 2.05) is 0 Å². The predicted molar refractivity (Wildman–Crippen MR) is 234 cm³/mol. The number of rotatable bonds is 7. The zero-order valence-electron chi connectivity index (χ0n) is 30.7. The Hall–Kier alpha value is -7.42. The molecule has 0 saturated carbocycles. The van der Waals surface area contributed by atoms with Crippen molar-refractivity contribution in [3.8, 4) is 78.3 Å². The second kappa shape index (κ2) is 14.4. The van der Waals surface area contributed by atoms with E-state index in [0.717, 1.165) is 61.9 Å². The minimum atomic E-state index is 0.810. The summed E-state index contributed by atoms with van der Waals surface area (Å²) in [5.74, 6) is 1.65. The number of nitrogens with zero attached hydrogens (tertiary/aromatic N) is 1. The van der Waals surface area contributed by atoms with Crippen molar-refractivity contribution in [2.75, 3.05) is 4.90 Å². The van der Waals surface area contributed by atoms with Gasteiger partial charge in [-0.2, -0.15) is 0 Å². The van der Waals surface area contributed by atoms with Crippen LogP contribution in [0.1, 0.15) is 0 Å². The zero-order valence-corrected chi connectivity index (χ0v) is 30.7. The van der Waals surface area contributed by atoms with Crippen molar-refractivity contribution in [2.24, 2.45) is 0 Å². The largest absolute Gasteiger partial charge is 0.456 e. The molecule has 10 rings (SSSR count). The highest BCUT2D eigenvalue weighted by Gasteiger charge is 2.26. The molecule has 2 heteroatoms. The quantitative estimate of drug-likeness (QED) is 0.163. The zero-order chi connectivity index (χ0) is 37.3. The molecule has 1 heterocycles. The molecule has 1 aliphatic rings. The van der Waals surface area contributed by atoms with Crippen molar-refractivity contribution < 1.29 is 4.74 Å². The van der Waals surface area contributed by atoms with Crippen molar-refractivity contribution in [1.82, 2.24) is 0 Å². The molecule has 0 aliphatic carbocycles. The highest BCUT2D eigenvalue weighted by Crippen LogP contribution is 2.52. The SMILES string of the molecule is c1ccc(-c2ccc(N(c3ccc(-c4ccccc4)cc3)c3ccc4c(c3)Oc3cccc(-c5ccccc5)c3-c3ccc(-c5ccccc5)cc3-4)cc2)cc1. The van der Waals surface area contributed by atoms with Crippen molar-refractivity contribution in [3.05, 3.63) is 224 Å². The van der Waals surface area contributed by atoms with Crippen LogP contribution in [-0.4, -0.2) is 0 Å². The third-order valence-electron chi connectivity index (χ3n) is 10.7. The van der Waals surface area contributed by atoms with Gasteiger partial charge >= 0.3 is 0 Å². The van der Waals surface area contributed by atoms with E-state index in [2.05, 4.69) is 229 Å². The van der Waals surface area contributed by atoms with Crippen LogP contribution in [0.3, 0.4) is 0 Å². The molecule has 0 bridgehead atoms. The summed E-state index contributed by atoms with van der Waals surface area (Å²) in [6.07, 6.45) is 0. The molecule has 56 heavy (non-hydrogen) atoms. The lowest BCUT2D eigenvalue weighted by Crippen LogP contribution is -2.10. The molecule has 264 valence electrons. The lowest BCUT2D eigenvalue weighted by molar-refractivity contribution is 0.488. The van der Waals surface area contributed by atoms with Gasteiger partial charge in [0.05, 0.1) is 0 Å². The van der Waals surface area contributed by atoms with Crippen LogP contribution in [0.25, 0.3) is 66.8 Å². The summed E-state index contributed by atoms with van der Waals surface area (Å²) in [4.78, 5) is 2.32. The molecule has 0 aromatic heterocycles. The molecular weight excluding hydrogens is 679 g/mol. The van der Waals surface area contributed by atoms with Gasteiger partial charge in [0.15, 0.2) is 0 Å². The minimum Gasteiger partial charge on any atom is -0.456 e. The first-order valence-corrected chi connectivity index (χ1v) is 19.1. The van der Waals surface area contributed by atoms with E-state index in [1.54, 1.807) is 0 Å². The molecule has 0 radical (unpaired) electrons. The second-order valence-corrected chi connectivity index (χ2v) is 14.1. The van der Waals surface area contributed by atoms with E-state index in [1.165, 1.54) is 33.4 Å². The summed E-state index contributed by atoms with van der Waals surface area (Å²) < 4.78 is 7.08. The van der Waals surface area contributed by atoms with Gasteiger partial charge in [0.25, 0.3) is 0 Å². The summed E-state index contributed by atoms with van der Waals surface area (Å²) in [7, 11) is 0.